The predicted octanol–water partition coefficient (Wildman–Crippen LogP) is 8.13. The van der Waals surface area contributed by atoms with Gasteiger partial charge in [-0.1, -0.05) is 103 Å². The topological polar surface area (TPSA) is 98.8 Å². The van der Waals surface area contributed by atoms with Gasteiger partial charge in [0.2, 0.25) is 5.75 Å². The lowest BCUT2D eigenvalue weighted by Gasteiger charge is -2.14. The second kappa shape index (κ2) is 22.3. The zero-order valence-electron chi connectivity index (χ0n) is 23.8. The Morgan fingerprint density at radius 3 is 1.58 bits per heavy atom. The molecule has 0 radical (unpaired) electrons. The van der Waals surface area contributed by atoms with Gasteiger partial charge < -0.3 is 18.9 Å². The lowest BCUT2D eigenvalue weighted by atomic mass is 10.0. The Hall–Kier alpha value is -2.68. The van der Waals surface area contributed by atoms with E-state index in [1.165, 1.54) is 117 Å². The van der Waals surface area contributed by atoms with Crippen LogP contribution < -0.4 is 14.2 Å². The SMILES string of the molecule is CCCCCCCCCCCCCCCCCCOC(=O)OOOC(=O)c1ccc(OC)c(OC)c1OC. The first-order valence-electron chi connectivity index (χ1n) is 14.1. The number of benzene rings is 1. The molecule has 1 aromatic carbocycles. The number of carbonyl (C=O) groups is 2. The summed E-state index contributed by atoms with van der Waals surface area (Å²) in [6.45, 7) is 2.47. The first kappa shape index (κ1) is 33.3. The molecule has 1 aromatic rings. The number of carbonyl (C=O) groups excluding carboxylic acids is 2. The zero-order chi connectivity index (χ0) is 27.8. The summed E-state index contributed by atoms with van der Waals surface area (Å²) in [6.07, 6.45) is 19.2. The molecular weight excluding hydrogens is 492 g/mol. The molecule has 0 aliphatic carbocycles. The molecule has 218 valence electrons. The molecule has 0 bridgehead atoms. The van der Waals surface area contributed by atoms with Crippen molar-refractivity contribution in [2.75, 3.05) is 27.9 Å². The Kier molecular flexibility index (Phi) is 19.6. The van der Waals surface area contributed by atoms with Crippen LogP contribution in [0.5, 0.6) is 17.2 Å². The van der Waals surface area contributed by atoms with E-state index in [-0.39, 0.29) is 23.7 Å². The molecule has 0 spiro atoms. The number of unbranched alkanes of at least 4 members (excludes halogenated alkanes) is 15. The van der Waals surface area contributed by atoms with Crippen molar-refractivity contribution in [1.29, 1.82) is 0 Å². The Balaban J connectivity index is 2.01. The van der Waals surface area contributed by atoms with E-state index >= 15 is 0 Å². The number of rotatable bonds is 23. The van der Waals surface area contributed by atoms with Crippen LogP contribution in [0.25, 0.3) is 0 Å². The Labute approximate surface area is 228 Å². The van der Waals surface area contributed by atoms with Crippen molar-refractivity contribution >= 4 is 12.1 Å². The summed E-state index contributed by atoms with van der Waals surface area (Å²) in [7, 11) is 4.23. The van der Waals surface area contributed by atoms with E-state index in [1.807, 2.05) is 0 Å². The maximum Gasteiger partial charge on any atom is 0.543 e. The van der Waals surface area contributed by atoms with Crippen LogP contribution in [0, 0.1) is 0 Å². The van der Waals surface area contributed by atoms with E-state index in [2.05, 4.69) is 21.7 Å². The van der Waals surface area contributed by atoms with Gasteiger partial charge in [0.25, 0.3) is 0 Å². The highest BCUT2D eigenvalue weighted by Crippen LogP contribution is 2.40. The van der Waals surface area contributed by atoms with Crippen molar-refractivity contribution in [3.63, 3.8) is 0 Å². The van der Waals surface area contributed by atoms with Crippen LogP contribution in [-0.4, -0.2) is 40.1 Å². The van der Waals surface area contributed by atoms with E-state index in [4.69, 9.17) is 18.9 Å². The summed E-state index contributed by atoms with van der Waals surface area (Å²) >= 11 is 0. The first-order chi connectivity index (χ1) is 18.6. The summed E-state index contributed by atoms with van der Waals surface area (Å²) in [5.74, 6) is -0.278. The van der Waals surface area contributed by atoms with Gasteiger partial charge in [-0.05, 0) is 18.6 Å². The molecule has 9 heteroatoms. The van der Waals surface area contributed by atoms with Crippen molar-refractivity contribution in [2.45, 2.75) is 110 Å². The van der Waals surface area contributed by atoms with Gasteiger partial charge in [0.15, 0.2) is 11.5 Å². The van der Waals surface area contributed by atoms with Crippen molar-refractivity contribution in [1.82, 2.24) is 0 Å². The molecule has 0 heterocycles. The molecule has 0 aromatic heterocycles. The number of methoxy groups -OCH3 is 3. The highest BCUT2D eigenvalue weighted by Gasteiger charge is 2.23. The van der Waals surface area contributed by atoms with Crippen molar-refractivity contribution in [2.24, 2.45) is 0 Å². The maximum atomic E-state index is 12.2. The third-order valence-electron chi connectivity index (χ3n) is 6.35. The van der Waals surface area contributed by atoms with Gasteiger partial charge in [-0.3, -0.25) is 4.89 Å². The van der Waals surface area contributed by atoms with Crippen LogP contribution in [-0.2, 0) is 19.6 Å². The minimum absolute atomic E-state index is 0.00437. The van der Waals surface area contributed by atoms with E-state index in [0.717, 1.165) is 19.3 Å². The lowest BCUT2D eigenvalue weighted by Crippen LogP contribution is -2.13. The molecule has 0 atom stereocenters. The van der Waals surface area contributed by atoms with Crippen LogP contribution in [0.15, 0.2) is 12.1 Å². The Bertz CT molecular complexity index is 767. The molecule has 0 amide bonds. The number of hydrogen-bond acceptors (Lipinski definition) is 9. The first-order valence-corrected chi connectivity index (χ1v) is 14.1. The zero-order valence-corrected chi connectivity index (χ0v) is 23.8. The van der Waals surface area contributed by atoms with Gasteiger partial charge in [-0.15, -0.1) is 0 Å². The second-order valence-corrected chi connectivity index (χ2v) is 9.31. The van der Waals surface area contributed by atoms with E-state index in [9.17, 15) is 9.59 Å². The van der Waals surface area contributed by atoms with Gasteiger partial charge in [0.1, 0.15) is 5.56 Å². The minimum atomic E-state index is -1.09. The summed E-state index contributed by atoms with van der Waals surface area (Å²) in [4.78, 5) is 32.7. The highest BCUT2D eigenvalue weighted by atomic mass is 17.5. The lowest BCUT2D eigenvalue weighted by molar-refractivity contribution is -0.452. The van der Waals surface area contributed by atoms with Gasteiger partial charge in [0.05, 0.1) is 33.0 Å². The fourth-order valence-corrected chi connectivity index (χ4v) is 4.21. The normalized spacial score (nSPS) is 10.6. The fraction of sp³-hybridized carbons (Fsp3) is 0.724. The van der Waals surface area contributed by atoms with E-state index in [1.54, 1.807) is 0 Å². The van der Waals surface area contributed by atoms with E-state index < -0.39 is 12.1 Å². The van der Waals surface area contributed by atoms with Gasteiger partial charge in [-0.25, -0.2) is 14.5 Å². The Morgan fingerprint density at radius 1 is 0.605 bits per heavy atom. The molecule has 0 saturated heterocycles. The average molecular weight is 541 g/mol. The van der Waals surface area contributed by atoms with Crippen LogP contribution in [0.1, 0.15) is 120 Å². The average Bonchev–Trinajstić information content (AvgIpc) is 2.93. The molecule has 38 heavy (non-hydrogen) atoms. The Morgan fingerprint density at radius 2 is 1.11 bits per heavy atom. The quantitative estimate of drug-likeness (QED) is 0.0589. The molecule has 1 rings (SSSR count). The van der Waals surface area contributed by atoms with Crippen LogP contribution in [0.3, 0.4) is 0 Å². The molecule has 0 aliphatic heterocycles. The smallest absolute Gasteiger partial charge is 0.493 e. The van der Waals surface area contributed by atoms with Gasteiger partial charge >= 0.3 is 12.1 Å². The maximum absolute atomic E-state index is 12.2. The van der Waals surface area contributed by atoms with Crippen molar-refractivity contribution in [3.05, 3.63) is 17.7 Å². The van der Waals surface area contributed by atoms with E-state index in [0.29, 0.717) is 5.75 Å². The van der Waals surface area contributed by atoms with Gasteiger partial charge in [-0.2, -0.15) is 0 Å². The summed E-state index contributed by atoms with van der Waals surface area (Å²) in [5.41, 5.74) is -0.00437. The number of hydrogen-bond donors (Lipinski definition) is 0. The van der Waals surface area contributed by atoms with Crippen LogP contribution in [0.4, 0.5) is 4.79 Å². The minimum Gasteiger partial charge on any atom is -0.493 e. The third kappa shape index (κ3) is 14.3. The molecule has 0 N–H and O–H groups in total. The molecule has 0 saturated carbocycles. The number of ether oxygens (including phenoxy) is 4. The predicted molar refractivity (Wildman–Crippen MR) is 145 cm³/mol. The third-order valence-corrected chi connectivity index (χ3v) is 6.35. The van der Waals surface area contributed by atoms with Crippen molar-refractivity contribution < 1.29 is 43.3 Å². The summed E-state index contributed by atoms with van der Waals surface area (Å²) in [6, 6.07) is 2.91. The van der Waals surface area contributed by atoms with Crippen molar-refractivity contribution in [3.8, 4) is 17.2 Å². The molecule has 9 nitrogen and oxygen atoms in total. The summed E-state index contributed by atoms with van der Waals surface area (Å²) < 4.78 is 20.5. The largest absolute Gasteiger partial charge is 0.543 e. The molecule has 0 aliphatic rings. The molecule has 0 unspecified atom stereocenters. The van der Waals surface area contributed by atoms with Crippen LogP contribution >= 0.6 is 0 Å². The summed E-state index contributed by atoms with van der Waals surface area (Å²) in [5, 5.41) is 4.27. The monoisotopic (exact) mass is 540 g/mol. The highest BCUT2D eigenvalue weighted by molar-refractivity contribution is 5.93. The fourth-order valence-electron chi connectivity index (χ4n) is 4.21. The standard InChI is InChI=1S/C29H48O9/c1-5-6-7-8-9-10-11-12-13-14-15-16-17-18-19-20-23-35-29(31)37-38-36-28(30)24-21-22-25(32-2)27(34-4)26(24)33-3/h21-22H,5-20,23H2,1-4H3. The molecular formula is C29H48O9. The van der Waals surface area contributed by atoms with Gasteiger partial charge in [0, 0.05) is 0 Å². The molecule has 0 fully saturated rings. The van der Waals surface area contributed by atoms with Crippen LogP contribution in [0.2, 0.25) is 0 Å². The second-order valence-electron chi connectivity index (χ2n) is 9.31.